The Bertz CT molecular complexity index is 958. The first-order valence-electron chi connectivity index (χ1n) is 8.28. The maximum absolute atomic E-state index is 6.73. The average molecular weight is 379 g/mol. The first-order chi connectivity index (χ1) is 12.7. The summed E-state index contributed by atoms with van der Waals surface area (Å²) < 4.78 is 2.08. The van der Waals surface area contributed by atoms with Crippen molar-refractivity contribution in [2.45, 2.75) is 5.54 Å². The second-order valence-corrected chi connectivity index (χ2v) is 6.80. The van der Waals surface area contributed by atoms with E-state index in [9.17, 15) is 0 Å². The number of rotatable bonds is 4. The summed E-state index contributed by atoms with van der Waals surface area (Å²) in [6, 6.07) is 26.3. The Morgan fingerprint density at radius 3 is 1.88 bits per heavy atom. The Morgan fingerprint density at radius 2 is 1.35 bits per heavy atom. The third-order valence-electron chi connectivity index (χ3n) is 4.62. The molecule has 0 saturated carbocycles. The van der Waals surface area contributed by atoms with Gasteiger partial charge in [0.2, 0.25) is 0 Å². The smallest absolute Gasteiger partial charge is 0.123 e. The summed E-state index contributed by atoms with van der Waals surface area (Å²) in [6.07, 6.45) is 5.55. The van der Waals surface area contributed by atoms with E-state index >= 15 is 0 Å². The Labute approximate surface area is 162 Å². The summed E-state index contributed by atoms with van der Waals surface area (Å²) in [5.74, 6) is 0. The van der Waals surface area contributed by atoms with E-state index < -0.39 is 5.54 Å². The fourth-order valence-corrected chi connectivity index (χ4v) is 3.95. The van der Waals surface area contributed by atoms with Crippen molar-refractivity contribution in [2.24, 2.45) is 0 Å². The molecular weight excluding hydrogens is 363 g/mol. The maximum atomic E-state index is 6.73. The van der Waals surface area contributed by atoms with Gasteiger partial charge in [-0.1, -0.05) is 96.0 Å². The first kappa shape index (κ1) is 16.9. The van der Waals surface area contributed by atoms with Crippen molar-refractivity contribution in [1.82, 2.24) is 9.55 Å². The third-order valence-corrected chi connectivity index (χ3v) is 5.44. The molecule has 4 heteroatoms. The molecule has 0 aliphatic rings. The molecule has 2 nitrogen and oxygen atoms in total. The van der Waals surface area contributed by atoms with E-state index in [2.05, 4.69) is 33.8 Å². The van der Waals surface area contributed by atoms with E-state index in [0.29, 0.717) is 10.0 Å². The summed E-state index contributed by atoms with van der Waals surface area (Å²) in [5.41, 5.74) is 2.38. The Morgan fingerprint density at radius 1 is 0.731 bits per heavy atom. The summed E-state index contributed by atoms with van der Waals surface area (Å²) in [6.45, 7) is 0. The minimum absolute atomic E-state index is 0.528. The minimum Gasteiger partial charge on any atom is -0.319 e. The van der Waals surface area contributed by atoms with Crippen LogP contribution in [0.2, 0.25) is 10.0 Å². The lowest BCUT2D eigenvalue weighted by molar-refractivity contribution is 0.515. The van der Waals surface area contributed by atoms with Crippen molar-refractivity contribution in [1.29, 1.82) is 0 Å². The van der Waals surface area contributed by atoms with Crippen molar-refractivity contribution in [2.75, 3.05) is 0 Å². The van der Waals surface area contributed by atoms with E-state index in [1.54, 1.807) is 6.20 Å². The normalized spacial score (nSPS) is 11.5. The van der Waals surface area contributed by atoms with Crippen LogP contribution >= 0.6 is 23.2 Å². The molecule has 1 heterocycles. The maximum Gasteiger partial charge on any atom is 0.123 e. The molecule has 0 N–H and O–H groups in total. The number of hydrogen-bond acceptors (Lipinski definition) is 1. The molecule has 1 aromatic heterocycles. The van der Waals surface area contributed by atoms with Crippen molar-refractivity contribution in [3.05, 3.63) is 124 Å². The van der Waals surface area contributed by atoms with Gasteiger partial charge in [0.05, 0.1) is 16.4 Å². The first-order valence-corrected chi connectivity index (χ1v) is 9.04. The molecule has 0 spiro atoms. The van der Waals surface area contributed by atoms with Gasteiger partial charge in [0.1, 0.15) is 5.54 Å². The molecule has 0 amide bonds. The summed E-state index contributed by atoms with van der Waals surface area (Å²) in [5, 5.41) is 1.07. The average Bonchev–Trinajstić information content (AvgIpc) is 3.22. The Kier molecular flexibility index (Phi) is 4.54. The van der Waals surface area contributed by atoms with Gasteiger partial charge in [0, 0.05) is 18.0 Å². The SMILES string of the molecule is Clc1cccc(C(c2ccccc2)(c2ccccc2)n2ccnc2)c1Cl. The molecule has 0 aliphatic heterocycles. The van der Waals surface area contributed by atoms with Gasteiger partial charge in [-0.3, -0.25) is 0 Å². The summed E-state index contributed by atoms with van der Waals surface area (Å²) in [4.78, 5) is 4.30. The van der Waals surface area contributed by atoms with Crippen molar-refractivity contribution >= 4 is 23.2 Å². The minimum atomic E-state index is -0.680. The van der Waals surface area contributed by atoms with Crippen LogP contribution in [0.25, 0.3) is 0 Å². The van der Waals surface area contributed by atoms with E-state index in [1.807, 2.05) is 67.1 Å². The van der Waals surface area contributed by atoms with Gasteiger partial charge in [-0.25, -0.2) is 4.98 Å². The van der Waals surface area contributed by atoms with Crippen LogP contribution < -0.4 is 0 Å². The quantitative estimate of drug-likeness (QED) is 0.396. The topological polar surface area (TPSA) is 17.8 Å². The third kappa shape index (κ3) is 2.63. The van der Waals surface area contributed by atoms with Gasteiger partial charge in [-0.2, -0.15) is 0 Å². The highest BCUT2D eigenvalue weighted by atomic mass is 35.5. The summed E-state index contributed by atoms with van der Waals surface area (Å²) >= 11 is 13.1. The number of aromatic nitrogens is 2. The van der Waals surface area contributed by atoms with Crippen molar-refractivity contribution in [3.8, 4) is 0 Å². The molecule has 0 radical (unpaired) electrons. The molecule has 3 aromatic carbocycles. The second kappa shape index (κ2) is 6.99. The lowest BCUT2D eigenvalue weighted by Gasteiger charge is -2.38. The molecule has 0 fully saturated rings. The number of imidazole rings is 1. The van der Waals surface area contributed by atoms with Crippen LogP contribution in [0, 0.1) is 0 Å². The highest BCUT2D eigenvalue weighted by Gasteiger charge is 2.40. The fraction of sp³-hybridized carbons (Fsp3) is 0.0455. The van der Waals surface area contributed by atoms with E-state index in [0.717, 1.165) is 16.7 Å². The predicted octanol–water partition coefficient (Wildman–Crippen LogP) is 6.03. The second-order valence-electron chi connectivity index (χ2n) is 6.01. The zero-order chi connectivity index (χ0) is 18.0. The van der Waals surface area contributed by atoms with Crippen LogP contribution in [0.4, 0.5) is 0 Å². The van der Waals surface area contributed by atoms with Crippen molar-refractivity contribution < 1.29 is 0 Å². The molecule has 0 bridgehead atoms. The van der Waals surface area contributed by atoms with Gasteiger partial charge in [0.25, 0.3) is 0 Å². The molecule has 26 heavy (non-hydrogen) atoms. The molecule has 0 aliphatic carbocycles. The lowest BCUT2D eigenvalue weighted by atomic mass is 9.76. The van der Waals surface area contributed by atoms with Gasteiger partial charge >= 0.3 is 0 Å². The molecule has 128 valence electrons. The fourth-order valence-electron chi connectivity index (χ4n) is 3.51. The highest BCUT2D eigenvalue weighted by Crippen LogP contribution is 2.45. The zero-order valence-corrected chi connectivity index (χ0v) is 15.4. The van der Waals surface area contributed by atoms with E-state index in [-0.39, 0.29) is 0 Å². The van der Waals surface area contributed by atoms with Crippen LogP contribution in [-0.2, 0) is 5.54 Å². The molecule has 4 aromatic rings. The number of hydrogen-bond donors (Lipinski definition) is 0. The molecule has 0 saturated heterocycles. The van der Waals surface area contributed by atoms with Gasteiger partial charge in [-0.05, 0) is 17.2 Å². The molecule has 4 rings (SSSR count). The van der Waals surface area contributed by atoms with E-state index in [4.69, 9.17) is 23.2 Å². The van der Waals surface area contributed by atoms with E-state index in [1.165, 1.54) is 0 Å². The number of halogens is 2. The number of benzene rings is 3. The van der Waals surface area contributed by atoms with Gasteiger partial charge in [-0.15, -0.1) is 0 Å². The van der Waals surface area contributed by atoms with Gasteiger partial charge in [0.15, 0.2) is 0 Å². The lowest BCUT2D eigenvalue weighted by Crippen LogP contribution is -2.37. The monoisotopic (exact) mass is 378 g/mol. The zero-order valence-electron chi connectivity index (χ0n) is 13.9. The van der Waals surface area contributed by atoms with Crippen LogP contribution in [0.3, 0.4) is 0 Å². The molecule has 0 unspecified atom stereocenters. The van der Waals surface area contributed by atoms with Crippen LogP contribution in [0.1, 0.15) is 16.7 Å². The highest BCUT2D eigenvalue weighted by molar-refractivity contribution is 6.42. The van der Waals surface area contributed by atoms with Gasteiger partial charge < -0.3 is 4.57 Å². The summed E-state index contributed by atoms with van der Waals surface area (Å²) in [7, 11) is 0. The predicted molar refractivity (Wildman–Crippen MR) is 107 cm³/mol. The van der Waals surface area contributed by atoms with Crippen LogP contribution in [0.5, 0.6) is 0 Å². The Hall–Kier alpha value is -2.55. The largest absolute Gasteiger partial charge is 0.319 e. The van der Waals surface area contributed by atoms with Crippen molar-refractivity contribution in [3.63, 3.8) is 0 Å². The molecular formula is C22H16Cl2N2. The Balaban J connectivity index is 2.17. The number of nitrogens with zero attached hydrogens (tertiary/aromatic N) is 2. The standard InChI is InChI=1S/C22H16Cl2N2/c23-20-13-7-12-19(21(20)24)22(26-15-14-25-16-26,17-8-3-1-4-9-17)18-10-5-2-6-11-18/h1-16H. The molecule has 0 atom stereocenters. The van der Waals surface area contributed by atoms with Crippen LogP contribution in [0.15, 0.2) is 97.6 Å². The van der Waals surface area contributed by atoms with Crippen LogP contribution in [-0.4, -0.2) is 9.55 Å².